The Balaban J connectivity index is 0.757. The third-order valence-electron chi connectivity index (χ3n) is 17.9. The lowest BCUT2D eigenvalue weighted by atomic mass is 9.89. The van der Waals surface area contributed by atoms with Crippen molar-refractivity contribution in [2.75, 3.05) is 56.0 Å². The van der Waals surface area contributed by atoms with Gasteiger partial charge in [-0.3, -0.25) is 56.7 Å². The van der Waals surface area contributed by atoms with Crippen molar-refractivity contribution in [2.45, 2.75) is 166 Å². The molecule has 20 atom stereocenters. The van der Waals surface area contributed by atoms with Crippen LogP contribution in [0.5, 0.6) is 0 Å². The molecule has 0 aromatic carbocycles. The SMILES string of the molecule is Cc1cn([C@H]2C[C@@H](OP([O-])(=S)OC[C@H]3O[C@@H](n4ccc(N)nc4=O)C[C@H]3C(C)C)[C@@H](COP([O-])(=S)O[C@@H]3C[C@H](n4cnc5c(=O)[nH]c(N)nc54)O[C@@H]3COP([O-])(=S)O[C@@H]3C[C@H](n4cc(C)c(=O)[nH]c4=O)O[C@@H]3COP(=O)([S-])O[C@@H]3C[C@H](n4cnc5c(=O)[nH]c(N)nc54)O[C@@H]3COP([O-])(=S)OC(C)C)O2)c(=O)nc1N. The molecule has 109 heavy (non-hydrogen) atoms. The van der Waals surface area contributed by atoms with Crippen molar-refractivity contribution in [1.82, 2.24) is 67.7 Å². The van der Waals surface area contributed by atoms with E-state index < -0.39 is 192 Å². The highest BCUT2D eigenvalue weighted by molar-refractivity contribution is 8.32. The molecule has 5 aliphatic heterocycles. The van der Waals surface area contributed by atoms with Gasteiger partial charge >= 0.3 is 17.1 Å². The standard InChI is InChI=1S/C55H77N18O26P5S5/c1-23(2)27-9-38(69-8-7-37(56)62-53(69)77)90-32(27)16-85-101(81,106)96-28-10-39(70-14-25(5)45(57)63-54(70)78)91-33(28)18-87-104(84,109)99-31-13-42(73-22-61-44-47(73)65-52(59)67-50(44)76)94-36(31)20-89-102(82,107)97-29-11-40(71-15-26(6)48(74)68-55(71)79)92-34(29)19-88-103(83,108)98-30-12-41(93-35(30)17-86-100(80,105)95-24(3)4)72-21-60-43-46(72)64-51(58)66-49(43)75/h7-8,14-15,21-24,27-36,38-42H,9-13,16-20H2,1-6H3,(H,80,105)(H,81,106)(H,82,107)(H,83,108)(H,84,109)(H2,56,62,77)(H2,57,63,78)(H,68,74,79)(H3,58,64,66,75)(H3,59,65,67,76)/p-5/t27-,28+,29+,30+,31+,32+,33+,34+,35+,36+,38+,39+,40+,41+,42+,100?,101?,102?,103?,104?/m0/s1. The van der Waals surface area contributed by atoms with Crippen LogP contribution in [0.3, 0.4) is 0 Å². The number of nitrogen functional groups attached to an aromatic ring is 4. The molecule has 0 radical (unpaired) electrons. The van der Waals surface area contributed by atoms with Gasteiger partial charge < -0.3 is 124 Å². The van der Waals surface area contributed by atoms with E-state index in [4.69, 9.17) is 151 Å². The van der Waals surface area contributed by atoms with E-state index in [0.717, 1.165) is 9.13 Å². The van der Waals surface area contributed by atoms with Crippen molar-refractivity contribution in [1.29, 1.82) is 0 Å². The first-order valence-electron chi connectivity index (χ1n) is 33.1. The van der Waals surface area contributed by atoms with Crippen LogP contribution in [-0.4, -0.2) is 162 Å². The summed E-state index contributed by atoms with van der Waals surface area (Å²) >= 11 is 26.9. The van der Waals surface area contributed by atoms with E-state index in [2.05, 4.69) is 44.9 Å². The quantitative estimate of drug-likeness (QED) is 0.0203. The van der Waals surface area contributed by atoms with Crippen molar-refractivity contribution >= 4 is 139 Å². The number of fused-ring (bicyclic) bond motifs is 2. The summed E-state index contributed by atoms with van der Waals surface area (Å²) < 4.78 is 110. The number of nitrogens with one attached hydrogen (secondary N) is 3. The first-order valence-corrected chi connectivity index (χ1v) is 45.9. The third-order valence-corrected chi connectivity index (χ3v) is 25.9. The van der Waals surface area contributed by atoms with Gasteiger partial charge in [0.1, 0.15) is 94.1 Å². The highest BCUT2D eigenvalue weighted by Crippen LogP contribution is 2.55. The number of nitrogens with zero attached hydrogens (tertiary/aromatic N) is 11. The average molecular weight is 1720 g/mol. The van der Waals surface area contributed by atoms with Crippen molar-refractivity contribution in [3.8, 4) is 0 Å². The molecule has 5 aliphatic rings. The Bertz CT molecular complexity index is 5210. The highest BCUT2D eigenvalue weighted by Gasteiger charge is 2.47. The van der Waals surface area contributed by atoms with Gasteiger partial charge in [-0.1, -0.05) is 61.1 Å². The van der Waals surface area contributed by atoms with Gasteiger partial charge in [-0.2, -0.15) is 19.9 Å². The van der Waals surface area contributed by atoms with Gasteiger partial charge in [-0.15, -0.1) is 0 Å². The topological polar surface area (TPSA) is 604 Å². The smallest absolute Gasteiger partial charge is 0.351 e. The number of nitrogens with two attached hydrogens (primary N) is 4. The van der Waals surface area contributed by atoms with Crippen LogP contribution in [0.1, 0.15) is 102 Å². The summed E-state index contributed by atoms with van der Waals surface area (Å²) in [6.45, 7) is -16.8. The number of imidazole rings is 2. The number of hydrogen-bond acceptors (Lipinski definition) is 41. The zero-order chi connectivity index (χ0) is 78.7. The fourth-order valence-corrected chi connectivity index (χ4v) is 20.2. The molecular weight excluding hydrogens is 1640 g/mol. The fraction of sp³-hybridized carbons (Fsp3) is 0.600. The predicted molar refractivity (Wildman–Crippen MR) is 390 cm³/mol. The first kappa shape index (κ1) is 83.2. The molecule has 12 rings (SSSR count). The molecule has 12 heterocycles. The Morgan fingerprint density at radius 2 is 0.927 bits per heavy atom. The molecule has 0 saturated carbocycles. The average Bonchev–Trinajstić information content (AvgIpc) is 1.63. The molecule has 5 saturated heterocycles. The lowest BCUT2D eigenvalue weighted by Gasteiger charge is -2.36. The number of hydrogen-bond donors (Lipinski definition) is 7. The molecule has 0 bridgehead atoms. The van der Waals surface area contributed by atoms with Gasteiger partial charge in [0, 0.05) is 55.4 Å². The zero-order valence-electron chi connectivity index (χ0n) is 58.0. The Kier molecular flexibility index (Phi) is 25.4. The van der Waals surface area contributed by atoms with Crippen LogP contribution in [0.4, 0.5) is 23.5 Å². The van der Waals surface area contributed by atoms with Crippen LogP contribution in [-0.2, 0) is 133 Å². The highest BCUT2D eigenvalue weighted by atomic mass is 32.7. The molecular formula is C55H72N18O26P5S5-5. The molecule has 0 spiro atoms. The zero-order valence-corrected chi connectivity index (χ0v) is 66.5. The summed E-state index contributed by atoms with van der Waals surface area (Å²) in [6, 6.07) is 1.44. The van der Waals surface area contributed by atoms with Gasteiger partial charge in [-0.25, -0.2) is 24.4 Å². The van der Waals surface area contributed by atoms with E-state index >= 15 is 0 Å². The summed E-state index contributed by atoms with van der Waals surface area (Å²) in [6.07, 6.45) is -13.1. The lowest BCUT2D eigenvalue weighted by molar-refractivity contribution is -0.220. The second kappa shape index (κ2) is 33.3. The molecule has 598 valence electrons. The minimum atomic E-state index is -4.93. The first-order chi connectivity index (χ1) is 51.2. The molecule has 44 nitrogen and oxygen atoms in total. The summed E-state index contributed by atoms with van der Waals surface area (Å²) in [5.41, 5.74) is 18.9. The minimum absolute atomic E-state index is 0.00873. The van der Waals surface area contributed by atoms with Crippen molar-refractivity contribution in [3.05, 3.63) is 111 Å². The second-order valence-corrected chi connectivity index (χ2v) is 39.8. The van der Waals surface area contributed by atoms with Gasteiger partial charge in [0.2, 0.25) is 11.9 Å². The molecule has 5 unspecified atom stereocenters. The number of rotatable bonds is 31. The number of ether oxygens (including phenoxy) is 5. The van der Waals surface area contributed by atoms with Crippen LogP contribution in [0.2, 0.25) is 0 Å². The summed E-state index contributed by atoms with van der Waals surface area (Å²) in [5.74, 6) is -0.924. The summed E-state index contributed by atoms with van der Waals surface area (Å²) in [5, 5.41) is 0. The predicted octanol–water partition coefficient (Wildman–Crippen LogP) is -0.985. The number of anilines is 4. The van der Waals surface area contributed by atoms with Gasteiger partial charge in [0.25, 0.3) is 16.7 Å². The van der Waals surface area contributed by atoms with E-state index in [1.807, 2.05) is 13.8 Å². The maximum atomic E-state index is 14.7. The number of H-pyrrole nitrogens is 3. The van der Waals surface area contributed by atoms with Crippen molar-refractivity contribution < 1.29 is 93.1 Å². The molecule has 0 amide bonds. The number of aromatic nitrogens is 14. The Labute approximate surface area is 640 Å². The maximum Gasteiger partial charge on any atom is 0.351 e. The molecule has 54 heteroatoms. The van der Waals surface area contributed by atoms with Crippen molar-refractivity contribution in [3.63, 3.8) is 0 Å². The van der Waals surface area contributed by atoms with Crippen LogP contribution < -0.4 is 76.3 Å². The van der Waals surface area contributed by atoms with E-state index in [0.29, 0.717) is 12.0 Å². The van der Waals surface area contributed by atoms with E-state index in [-0.39, 0.29) is 89.1 Å². The molecule has 11 N–H and O–H groups in total. The van der Waals surface area contributed by atoms with Gasteiger partial charge in [0.05, 0.1) is 82.3 Å². The lowest BCUT2D eigenvalue weighted by Crippen LogP contribution is -2.34. The monoisotopic (exact) mass is 1720 g/mol. The van der Waals surface area contributed by atoms with Crippen molar-refractivity contribution in [2.24, 2.45) is 11.8 Å². The largest absolute Gasteiger partial charge is 0.780 e. The van der Waals surface area contributed by atoms with Crippen LogP contribution >= 0.6 is 33.7 Å². The second-order valence-electron chi connectivity index (χ2n) is 26.2. The van der Waals surface area contributed by atoms with E-state index in [9.17, 15) is 52.9 Å². The Morgan fingerprint density at radius 1 is 0.523 bits per heavy atom. The van der Waals surface area contributed by atoms with Crippen LogP contribution in [0.25, 0.3) is 22.3 Å². The normalized spacial score (nSPS) is 28.8. The molecule has 5 fully saturated rings. The van der Waals surface area contributed by atoms with E-state index in [1.54, 1.807) is 20.8 Å². The number of aromatic amines is 3. The van der Waals surface area contributed by atoms with Crippen LogP contribution in [0.15, 0.2) is 66.1 Å². The van der Waals surface area contributed by atoms with Crippen LogP contribution in [0, 0.1) is 25.7 Å². The molecule has 7 aromatic heterocycles. The van der Waals surface area contributed by atoms with Gasteiger partial charge in [0.15, 0.2) is 29.1 Å². The molecule has 7 aromatic rings. The van der Waals surface area contributed by atoms with Gasteiger partial charge in [-0.05, 0) is 52.0 Å². The van der Waals surface area contributed by atoms with E-state index in [1.165, 1.54) is 57.9 Å². The minimum Gasteiger partial charge on any atom is -0.780 e. The maximum absolute atomic E-state index is 14.7. The third kappa shape index (κ3) is 19.9. The Hall–Kier alpha value is -5.24. The fourth-order valence-electron chi connectivity index (χ4n) is 12.8. The number of aryl methyl sites for hydroxylation is 2. The summed E-state index contributed by atoms with van der Waals surface area (Å²) in [7, 11) is 0. The summed E-state index contributed by atoms with van der Waals surface area (Å²) in [4.78, 5) is 166. The Morgan fingerprint density at radius 3 is 1.39 bits per heavy atom. The molecule has 0 aliphatic carbocycles.